The van der Waals surface area contributed by atoms with Gasteiger partial charge in [0.05, 0.1) is 19.3 Å². The van der Waals surface area contributed by atoms with Gasteiger partial charge in [-0.15, -0.1) is 0 Å². The van der Waals surface area contributed by atoms with E-state index in [0.717, 1.165) is 51.6 Å². The van der Waals surface area contributed by atoms with Gasteiger partial charge in [-0.2, -0.15) is 0 Å². The first-order valence-corrected chi connectivity index (χ1v) is 23.7. The fraction of sp³-hybridized carbons (Fsp3) is 0.878. The molecule has 1 aliphatic rings. The van der Waals surface area contributed by atoms with Crippen LogP contribution < -0.4 is 0 Å². The summed E-state index contributed by atoms with van der Waals surface area (Å²) < 4.78 is 17.5. The van der Waals surface area contributed by atoms with Gasteiger partial charge in [-0.25, -0.2) is 0 Å². The first-order chi connectivity index (χ1) is 27.0. The highest BCUT2D eigenvalue weighted by Gasteiger charge is 2.12. The largest absolute Gasteiger partial charge is 0.466 e. The molecule has 0 saturated carbocycles. The molecule has 0 bridgehead atoms. The van der Waals surface area contributed by atoms with E-state index >= 15 is 0 Å². The molecule has 1 aliphatic heterocycles. The molecule has 1 heterocycles. The van der Waals surface area contributed by atoms with Crippen LogP contribution in [-0.2, 0) is 23.8 Å². The Morgan fingerprint density at radius 2 is 1.13 bits per heavy atom. The van der Waals surface area contributed by atoms with Crippen molar-refractivity contribution in [3.63, 3.8) is 0 Å². The van der Waals surface area contributed by atoms with Crippen LogP contribution >= 0.6 is 0 Å². The van der Waals surface area contributed by atoms with Gasteiger partial charge in [0, 0.05) is 19.4 Å². The number of piperidine rings is 1. The Morgan fingerprint density at radius 3 is 1.69 bits per heavy atom. The zero-order valence-corrected chi connectivity index (χ0v) is 36.7. The molecule has 0 spiro atoms. The second-order valence-electron chi connectivity index (χ2n) is 16.8. The standard InChI is InChI=1S/C49H89NO5/c1-5-8-30-45(4)37-43-54-48(51)35-24-19-15-11-13-17-22-33-47(53-42-29-28-41-50-39-26-21-27-40-50)34-23-18-14-12-16-20-25-36-49(52)55-44-38-46(31-9-6-2)32-10-7-3/h31,45-47H,2,5,7-8,10-30,32-44H2,1,3-4H3. The van der Waals surface area contributed by atoms with Gasteiger partial charge in [0.1, 0.15) is 0 Å². The van der Waals surface area contributed by atoms with E-state index in [1.165, 1.54) is 161 Å². The average molecular weight is 772 g/mol. The minimum absolute atomic E-state index is 0.0107. The number of allylic oxidation sites excluding steroid dienone is 1. The van der Waals surface area contributed by atoms with Gasteiger partial charge in [-0.1, -0.05) is 148 Å². The molecular weight excluding hydrogens is 683 g/mol. The third-order valence-electron chi connectivity index (χ3n) is 11.5. The quantitative estimate of drug-likeness (QED) is 0.0352. The molecule has 0 aromatic carbocycles. The summed E-state index contributed by atoms with van der Waals surface area (Å²) in [5, 5.41) is 0. The van der Waals surface area contributed by atoms with Crippen LogP contribution in [0.1, 0.15) is 220 Å². The molecular formula is C49H89NO5. The normalized spacial score (nSPS) is 14.8. The van der Waals surface area contributed by atoms with Crippen LogP contribution in [0.3, 0.4) is 0 Å². The molecule has 6 nitrogen and oxygen atoms in total. The minimum Gasteiger partial charge on any atom is -0.466 e. The number of carbonyl (C=O) groups excluding carboxylic acids is 2. The lowest BCUT2D eigenvalue weighted by Crippen LogP contribution is -2.30. The summed E-state index contributed by atoms with van der Waals surface area (Å²) in [7, 11) is 0. The minimum atomic E-state index is -0.0534. The van der Waals surface area contributed by atoms with E-state index in [4.69, 9.17) is 14.2 Å². The molecule has 0 amide bonds. The number of hydrogen-bond acceptors (Lipinski definition) is 6. The second-order valence-corrected chi connectivity index (χ2v) is 16.8. The Kier molecular flexibility index (Phi) is 36.3. The second kappa shape index (κ2) is 39.0. The Labute approximate surface area is 341 Å². The maximum absolute atomic E-state index is 12.2. The van der Waals surface area contributed by atoms with Crippen molar-refractivity contribution < 1.29 is 23.8 Å². The number of rotatable bonds is 39. The van der Waals surface area contributed by atoms with Crippen molar-refractivity contribution in [3.8, 4) is 0 Å². The molecule has 320 valence electrons. The molecule has 55 heavy (non-hydrogen) atoms. The van der Waals surface area contributed by atoms with Crippen LogP contribution in [0.2, 0.25) is 0 Å². The topological polar surface area (TPSA) is 65.1 Å². The molecule has 3 atom stereocenters. The van der Waals surface area contributed by atoms with E-state index in [1.54, 1.807) is 0 Å². The molecule has 3 unspecified atom stereocenters. The highest BCUT2D eigenvalue weighted by atomic mass is 16.5. The molecule has 0 aromatic heterocycles. The van der Waals surface area contributed by atoms with Crippen LogP contribution in [-0.4, -0.2) is 62.4 Å². The summed E-state index contributed by atoms with van der Waals surface area (Å²) in [5.41, 5.74) is 5.68. The monoisotopic (exact) mass is 772 g/mol. The van der Waals surface area contributed by atoms with Crippen molar-refractivity contribution in [2.75, 3.05) is 39.5 Å². The number of ether oxygens (including phenoxy) is 3. The summed E-state index contributed by atoms with van der Waals surface area (Å²) >= 11 is 0. The lowest BCUT2D eigenvalue weighted by Gasteiger charge is -2.26. The van der Waals surface area contributed by atoms with Crippen LogP contribution in [0.25, 0.3) is 0 Å². The number of unbranched alkanes of at least 4 members (excludes halogenated alkanes) is 15. The number of hydrogen-bond donors (Lipinski definition) is 0. The van der Waals surface area contributed by atoms with Crippen molar-refractivity contribution in [2.24, 2.45) is 11.8 Å². The van der Waals surface area contributed by atoms with E-state index in [2.05, 4.69) is 43.7 Å². The maximum Gasteiger partial charge on any atom is 0.305 e. The van der Waals surface area contributed by atoms with Gasteiger partial charge < -0.3 is 19.1 Å². The molecule has 0 aromatic rings. The predicted octanol–water partition coefficient (Wildman–Crippen LogP) is 13.7. The predicted molar refractivity (Wildman–Crippen MR) is 232 cm³/mol. The zero-order chi connectivity index (χ0) is 39.9. The van der Waals surface area contributed by atoms with Gasteiger partial charge in [0.2, 0.25) is 0 Å². The molecule has 1 saturated heterocycles. The van der Waals surface area contributed by atoms with Crippen molar-refractivity contribution >= 4 is 11.9 Å². The fourth-order valence-electron chi connectivity index (χ4n) is 7.73. The highest BCUT2D eigenvalue weighted by Crippen LogP contribution is 2.19. The molecule has 0 N–H and O–H groups in total. The fourth-order valence-corrected chi connectivity index (χ4v) is 7.73. The number of carbonyl (C=O) groups is 2. The van der Waals surface area contributed by atoms with Crippen molar-refractivity contribution in [3.05, 3.63) is 24.1 Å². The zero-order valence-electron chi connectivity index (χ0n) is 36.7. The highest BCUT2D eigenvalue weighted by molar-refractivity contribution is 5.69. The molecule has 0 radical (unpaired) electrons. The van der Waals surface area contributed by atoms with Crippen LogP contribution in [0.5, 0.6) is 0 Å². The summed E-state index contributed by atoms with van der Waals surface area (Å²) in [5.74, 6) is 0.968. The number of likely N-dealkylation sites (tertiary alicyclic amines) is 1. The van der Waals surface area contributed by atoms with E-state index < -0.39 is 0 Å². The van der Waals surface area contributed by atoms with Crippen LogP contribution in [0, 0.1) is 11.8 Å². The first kappa shape index (κ1) is 51.2. The van der Waals surface area contributed by atoms with E-state index in [-0.39, 0.29) is 11.9 Å². The number of esters is 2. The van der Waals surface area contributed by atoms with Gasteiger partial charge in [-0.05, 0) is 115 Å². The molecule has 6 heteroatoms. The summed E-state index contributed by atoms with van der Waals surface area (Å²) in [6, 6.07) is 0. The third-order valence-corrected chi connectivity index (χ3v) is 11.5. The summed E-state index contributed by atoms with van der Waals surface area (Å²) in [6.45, 7) is 16.1. The van der Waals surface area contributed by atoms with Crippen molar-refractivity contribution in [2.45, 2.75) is 226 Å². The Balaban J connectivity index is 2.17. The van der Waals surface area contributed by atoms with Crippen LogP contribution in [0.4, 0.5) is 0 Å². The number of nitrogens with zero attached hydrogens (tertiary/aromatic N) is 1. The summed E-state index contributed by atoms with van der Waals surface area (Å²) in [4.78, 5) is 26.9. The van der Waals surface area contributed by atoms with Gasteiger partial charge in [0.15, 0.2) is 0 Å². The Morgan fingerprint density at radius 1 is 0.600 bits per heavy atom. The van der Waals surface area contributed by atoms with Crippen molar-refractivity contribution in [1.82, 2.24) is 4.90 Å². The molecule has 1 rings (SSSR count). The van der Waals surface area contributed by atoms with E-state index in [9.17, 15) is 9.59 Å². The van der Waals surface area contributed by atoms with Gasteiger partial charge in [-0.3, -0.25) is 9.59 Å². The smallest absolute Gasteiger partial charge is 0.305 e. The maximum atomic E-state index is 12.2. The average Bonchev–Trinajstić information content (AvgIpc) is 3.19. The Hall–Kier alpha value is -1.84. The first-order valence-electron chi connectivity index (χ1n) is 23.7. The van der Waals surface area contributed by atoms with E-state index in [0.29, 0.717) is 44.0 Å². The summed E-state index contributed by atoms with van der Waals surface area (Å²) in [6.07, 6.45) is 38.2. The molecule has 1 fully saturated rings. The Bertz CT molecular complexity index is 964. The third kappa shape index (κ3) is 34.0. The molecule has 0 aliphatic carbocycles. The van der Waals surface area contributed by atoms with Gasteiger partial charge in [0.25, 0.3) is 0 Å². The van der Waals surface area contributed by atoms with Gasteiger partial charge >= 0.3 is 11.9 Å². The van der Waals surface area contributed by atoms with E-state index in [1.807, 2.05) is 6.08 Å². The lowest BCUT2D eigenvalue weighted by atomic mass is 9.99. The SMILES string of the molecule is C=C=C=CC(CCCC)CCOC(=O)CCCCCCCCCC(CCCCCCCCCC(=O)OCCC(C)CCCC)OCCCCN1CCCCC1. The van der Waals surface area contributed by atoms with Crippen LogP contribution in [0.15, 0.2) is 24.1 Å². The van der Waals surface area contributed by atoms with Crippen molar-refractivity contribution in [1.29, 1.82) is 0 Å². The lowest BCUT2D eigenvalue weighted by molar-refractivity contribution is -0.145.